The van der Waals surface area contributed by atoms with Crippen LogP contribution in [0, 0.1) is 11.8 Å². The molecule has 23 heavy (non-hydrogen) atoms. The average molecular weight is 315 g/mol. The Bertz CT molecular complexity index is 454. The van der Waals surface area contributed by atoms with Crippen molar-refractivity contribution in [2.45, 2.75) is 86.0 Å². The maximum atomic E-state index is 4.48. The van der Waals surface area contributed by atoms with Crippen LogP contribution in [0.2, 0.25) is 0 Å². The number of allylic oxidation sites excluding steroid dienone is 7. The zero-order valence-electron chi connectivity index (χ0n) is 16.3. The lowest BCUT2D eigenvalue weighted by molar-refractivity contribution is 0.332. The lowest BCUT2D eigenvalue weighted by atomic mass is 9.77. The van der Waals surface area contributed by atoms with Gasteiger partial charge < -0.3 is 0 Å². The smallest absolute Gasteiger partial charge is 0.0134 e. The van der Waals surface area contributed by atoms with Crippen LogP contribution in [0.5, 0.6) is 0 Å². The van der Waals surface area contributed by atoms with Gasteiger partial charge >= 0.3 is 0 Å². The second kappa shape index (κ2) is 10.7. The molecule has 0 saturated heterocycles. The summed E-state index contributed by atoms with van der Waals surface area (Å²) >= 11 is 0. The lowest BCUT2D eigenvalue weighted by Crippen LogP contribution is -2.16. The Labute approximate surface area is 145 Å². The van der Waals surface area contributed by atoms with Gasteiger partial charge in [0.25, 0.3) is 0 Å². The first-order chi connectivity index (χ1) is 11.0. The molecule has 130 valence electrons. The van der Waals surface area contributed by atoms with Crippen LogP contribution in [-0.4, -0.2) is 0 Å². The first-order valence-electron chi connectivity index (χ1n) is 9.76. The normalized spacial score (nSPS) is 16.5. The molecule has 0 radical (unpaired) electrons. The van der Waals surface area contributed by atoms with Crippen LogP contribution in [0.4, 0.5) is 0 Å². The van der Waals surface area contributed by atoms with Gasteiger partial charge in [0.1, 0.15) is 0 Å². The van der Waals surface area contributed by atoms with Crippen molar-refractivity contribution in [1.82, 2.24) is 0 Å². The summed E-state index contributed by atoms with van der Waals surface area (Å²) in [6, 6.07) is 0. The quantitative estimate of drug-likeness (QED) is 0.270. The van der Waals surface area contributed by atoms with Gasteiger partial charge in [-0.05, 0) is 68.9 Å². The van der Waals surface area contributed by atoms with Crippen molar-refractivity contribution in [1.29, 1.82) is 0 Å². The van der Waals surface area contributed by atoms with E-state index in [0.29, 0.717) is 5.92 Å². The van der Waals surface area contributed by atoms with Crippen LogP contribution in [-0.2, 0) is 0 Å². The third-order valence-corrected chi connectivity index (χ3v) is 5.78. The zero-order valence-corrected chi connectivity index (χ0v) is 16.3. The van der Waals surface area contributed by atoms with Gasteiger partial charge in [0.05, 0.1) is 0 Å². The molecule has 0 aliphatic heterocycles. The minimum atomic E-state index is 0.663. The van der Waals surface area contributed by atoms with Crippen molar-refractivity contribution in [3.63, 3.8) is 0 Å². The summed E-state index contributed by atoms with van der Waals surface area (Å²) in [6.07, 6.45) is 16.9. The Morgan fingerprint density at radius 3 is 2.30 bits per heavy atom. The van der Waals surface area contributed by atoms with Gasteiger partial charge in [-0.1, -0.05) is 76.0 Å². The molecule has 0 fully saturated rings. The fourth-order valence-electron chi connectivity index (χ4n) is 3.73. The molecular weight excluding hydrogens is 276 g/mol. The van der Waals surface area contributed by atoms with Gasteiger partial charge in [-0.25, -0.2) is 0 Å². The molecule has 0 aromatic carbocycles. The van der Waals surface area contributed by atoms with E-state index in [9.17, 15) is 0 Å². The van der Waals surface area contributed by atoms with Gasteiger partial charge in [-0.15, -0.1) is 0 Å². The van der Waals surface area contributed by atoms with Crippen LogP contribution in [0.25, 0.3) is 0 Å². The highest BCUT2D eigenvalue weighted by Crippen LogP contribution is 2.35. The van der Waals surface area contributed by atoms with Gasteiger partial charge in [0, 0.05) is 0 Å². The van der Waals surface area contributed by atoms with Crippen LogP contribution < -0.4 is 0 Å². The van der Waals surface area contributed by atoms with Crippen molar-refractivity contribution >= 4 is 0 Å². The summed E-state index contributed by atoms with van der Waals surface area (Å²) in [5.74, 6) is 1.45. The van der Waals surface area contributed by atoms with Crippen LogP contribution >= 0.6 is 0 Å². The van der Waals surface area contributed by atoms with Gasteiger partial charge in [0.15, 0.2) is 0 Å². The van der Waals surface area contributed by atoms with Crippen LogP contribution in [0.3, 0.4) is 0 Å². The molecule has 0 heterocycles. The summed E-state index contributed by atoms with van der Waals surface area (Å²) in [5, 5.41) is 0. The monoisotopic (exact) mass is 314 g/mol. The molecule has 1 rings (SSSR count). The highest BCUT2D eigenvalue weighted by molar-refractivity contribution is 5.43. The molecule has 0 heteroatoms. The molecule has 1 aliphatic carbocycles. The van der Waals surface area contributed by atoms with E-state index in [0.717, 1.165) is 12.3 Å². The third kappa shape index (κ3) is 6.16. The Kier molecular flexibility index (Phi) is 9.29. The highest BCUT2D eigenvalue weighted by Gasteiger charge is 2.23. The molecular formula is C23H38. The van der Waals surface area contributed by atoms with E-state index in [1.807, 2.05) is 0 Å². The largest absolute Gasteiger partial charge is 0.0950 e. The summed E-state index contributed by atoms with van der Waals surface area (Å²) in [7, 11) is 0. The number of rotatable bonds is 11. The third-order valence-electron chi connectivity index (χ3n) is 5.78. The first kappa shape index (κ1) is 20.0. The molecule has 0 aromatic heterocycles. The molecule has 0 saturated carbocycles. The number of hydrogen-bond acceptors (Lipinski definition) is 0. The Morgan fingerprint density at radius 2 is 1.78 bits per heavy atom. The second-order valence-electron chi connectivity index (χ2n) is 7.17. The zero-order chi connectivity index (χ0) is 17.2. The van der Waals surface area contributed by atoms with E-state index in [-0.39, 0.29) is 0 Å². The van der Waals surface area contributed by atoms with Crippen molar-refractivity contribution in [2.24, 2.45) is 11.8 Å². The van der Waals surface area contributed by atoms with Crippen molar-refractivity contribution in [2.75, 3.05) is 0 Å². The van der Waals surface area contributed by atoms with E-state index in [1.165, 1.54) is 56.1 Å². The predicted molar refractivity (Wildman–Crippen MR) is 106 cm³/mol. The minimum absolute atomic E-state index is 0.663. The summed E-state index contributed by atoms with van der Waals surface area (Å²) in [4.78, 5) is 0. The standard InChI is InChI=1S/C23H38/c1-7-18(4)19(5)14-10-13-17-23(21(8-2)9-3)20(6)22-15-11-12-16-22/h11,15-16,21,23H,6-10,12-14,17H2,1-5H3/b19-18+. The summed E-state index contributed by atoms with van der Waals surface area (Å²) in [6.45, 7) is 16.0. The Morgan fingerprint density at radius 1 is 1.09 bits per heavy atom. The SMILES string of the molecule is C=C(C1=CCC=C1)C(CCCC/C(C)=C(\C)CC)C(CC)CC. The van der Waals surface area contributed by atoms with Crippen molar-refractivity contribution in [3.8, 4) is 0 Å². The summed E-state index contributed by atoms with van der Waals surface area (Å²) in [5.41, 5.74) is 5.98. The average Bonchev–Trinajstić information content (AvgIpc) is 3.10. The first-order valence-corrected chi connectivity index (χ1v) is 9.76. The molecule has 0 amide bonds. The van der Waals surface area contributed by atoms with Crippen LogP contribution in [0.15, 0.2) is 47.1 Å². The van der Waals surface area contributed by atoms with E-state index >= 15 is 0 Å². The molecule has 1 aliphatic rings. The van der Waals surface area contributed by atoms with Gasteiger partial charge in [-0.2, -0.15) is 0 Å². The van der Waals surface area contributed by atoms with E-state index in [2.05, 4.69) is 59.4 Å². The Hall–Kier alpha value is -1.04. The fraction of sp³-hybridized carbons (Fsp3) is 0.652. The number of unbranched alkanes of at least 4 members (excludes halogenated alkanes) is 1. The minimum Gasteiger partial charge on any atom is -0.0950 e. The van der Waals surface area contributed by atoms with Crippen molar-refractivity contribution in [3.05, 3.63) is 47.1 Å². The van der Waals surface area contributed by atoms with Crippen molar-refractivity contribution < 1.29 is 0 Å². The van der Waals surface area contributed by atoms with Gasteiger partial charge in [-0.3, -0.25) is 0 Å². The molecule has 0 aromatic rings. The van der Waals surface area contributed by atoms with E-state index < -0.39 is 0 Å². The maximum Gasteiger partial charge on any atom is -0.0134 e. The van der Waals surface area contributed by atoms with E-state index in [4.69, 9.17) is 0 Å². The fourth-order valence-corrected chi connectivity index (χ4v) is 3.73. The maximum absolute atomic E-state index is 4.48. The highest BCUT2D eigenvalue weighted by atomic mass is 14.3. The predicted octanol–water partition coefficient (Wildman–Crippen LogP) is 7.79. The second-order valence-corrected chi connectivity index (χ2v) is 7.17. The van der Waals surface area contributed by atoms with Crippen LogP contribution in [0.1, 0.15) is 86.0 Å². The molecule has 0 bridgehead atoms. The van der Waals surface area contributed by atoms with Gasteiger partial charge in [0.2, 0.25) is 0 Å². The summed E-state index contributed by atoms with van der Waals surface area (Å²) < 4.78 is 0. The molecule has 1 atom stereocenters. The lowest BCUT2D eigenvalue weighted by Gasteiger charge is -2.28. The molecule has 0 nitrogen and oxygen atoms in total. The number of hydrogen-bond donors (Lipinski definition) is 0. The topological polar surface area (TPSA) is 0 Å². The molecule has 0 spiro atoms. The van der Waals surface area contributed by atoms with E-state index in [1.54, 1.807) is 11.1 Å². The molecule has 1 unspecified atom stereocenters. The molecule has 0 N–H and O–H groups in total. The Balaban J connectivity index is 2.60.